The molecule has 0 aliphatic carbocycles. The van der Waals surface area contributed by atoms with Crippen molar-refractivity contribution in [1.29, 1.82) is 0 Å². The molecule has 7 heteroatoms. The third kappa shape index (κ3) is 6.02. The first kappa shape index (κ1) is 21.7. The van der Waals surface area contributed by atoms with Gasteiger partial charge in [-0.3, -0.25) is 0 Å². The average molecular weight is 444 g/mol. The molecule has 4 aromatic rings. The molecule has 1 aromatic carbocycles. The standard InChI is InChI=1S/C14H14ClNO3.C9H8OS/c1-8-3-5-10(15)7-11(8)16-13(14(17)18)12-6-4-9(2)19-12;1-3-8(10-5-1)7-9-4-2-6-11-9/h3-7,13,16H,1-2H3,(H,17,18);1-6H,7H2. The van der Waals surface area contributed by atoms with Gasteiger partial charge in [-0.2, -0.15) is 0 Å². The first-order valence-electron chi connectivity index (χ1n) is 9.29. The van der Waals surface area contributed by atoms with Crippen LogP contribution in [0.15, 0.2) is 75.1 Å². The zero-order chi connectivity index (χ0) is 21.5. The van der Waals surface area contributed by atoms with Crippen LogP contribution in [0.25, 0.3) is 0 Å². The number of aliphatic carboxylic acids is 1. The monoisotopic (exact) mass is 443 g/mol. The second-order valence-electron chi connectivity index (χ2n) is 6.66. The van der Waals surface area contributed by atoms with E-state index in [1.165, 1.54) is 4.88 Å². The average Bonchev–Trinajstić information content (AvgIpc) is 3.47. The summed E-state index contributed by atoms with van der Waals surface area (Å²) in [6, 6.07) is 15.8. The van der Waals surface area contributed by atoms with Crippen LogP contribution in [0.3, 0.4) is 0 Å². The molecule has 1 unspecified atom stereocenters. The van der Waals surface area contributed by atoms with Gasteiger partial charge >= 0.3 is 5.97 Å². The van der Waals surface area contributed by atoms with Crippen LogP contribution < -0.4 is 5.32 Å². The Balaban J connectivity index is 0.000000196. The van der Waals surface area contributed by atoms with Gasteiger partial charge in [0.1, 0.15) is 17.3 Å². The Labute approximate surface area is 183 Å². The summed E-state index contributed by atoms with van der Waals surface area (Å²) in [6.45, 7) is 3.65. The summed E-state index contributed by atoms with van der Waals surface area (Å²) in [6.07, 6.45) is 2.63. The largest absolute Gasteiger partial charge is 0.479 e. The van der Waals surface area contributed by atoms with Crippen LogP contribution in [-0.4, -0.2) is 11.1 Å². The third-order valence-corrected chi connectivity index (χ3v) is 5.41. The van der Waals surface area contributed by atoms with E-state index in [2.05, 4.69) is 22.8 Å². The summed E-state index contributed by atoms with van der Waals surface area (Å²) >= 11 is 7.68. The van der Waals surface area contributed by atoms with Crippen molar-refractivity contribution in [3.8, 4) is 0 Å². The number of nitrogens with one attached hydrogen (secondary N) is 1. The van der Waals surface area contributed by atoms with Crippen molar-refractivity contribution in [2.24, 2.45) is 0 Å². The lowest BCUT2D eigenvalue weighted by molar-refractivity contribution is -0.138. The Hall–Kier alpha value is -2.96. The highest BCUT2D eigenvalue weighted by Crippen LogP contribution is 2.26. The number of hydrogen-bond donors (Lipinski definition) is 2. The van der Waals surface area contributed by atoms with Gasteiger partial charge < -0.3 is 19.3 Å². The predicted molar refractivity (Wildman–Crippen MR) is 119 cm³/mol. The molecule has 0 bridgehead atoms. The molecule has 5 nitrogen and oxygen atoms in total. The smallest absolute Gasteiger partial charge is 0.334 e. The van der Waals surface area contributed by atoms with E-state index in [1.54, 1.807) is 48.8 Å². The highest BCUT2D eigenvalue weighted by atomic mass is 35.5. The first-order chi connectivity index (χ1) is 14.4. The van der Waals surface area contributed by atoms with Gasteiger partial charge in [-0.05, 0) is 67.3 Å². The molecular weight excluding hydrogens is 422 g/mol. The molecule has 2 N–H and O–H groups in total. The highest BCUT2D eigenvalue weighted by Gasteiger charge is 2.23. The predicted octanol–water partition coefficient (Wildman–Crippen LogP) is 6.72. The minimum absolute atomic E-state index is 0.365. The fourth-order valence-corrected chi connectivity index (χ4v) is 3.65. The maximum Gasteiger partial charge on any atom is 0.334 e. The number of carboxylic acids is 1. The molecule has 0 spiro atoms. The number of furan rings is 2. The molecule has 0 saturated heterocycles. The number of carbonyl (C=O) groups is 1. The van der Waals surface area contributed by atoms with Gasteiger partial charge in [0.15, 0.2) is 6.04 Å². The van der Waals surface area contributed by atoms with Crippen LogP contribution in [0.4, 0.5) is 5.69 Å². The summed E-state index contributed by atoms with van der Waals surface area (Å²) in [5.74, 6) is 1.07. The van der Waals surface area contributed by atoms with Crippen LogP contribution in [0.5, 0.6) is 0 Å². The van der Waals surface area contributed by atoms with E-state index in [9.17, 15) is 9.90 Å². The van der Waals surface area contributed by atoms with E-state index in [1.807, 2.05) is 25.1 Å². The van der Waals surface area contributed by atoms with E-state index < -0.39 is 12.0 Å². The first-order valence-corrected chi connectivity index (χ1v) is 10.5. The van der Waals surface area contributed by atoms with Crippen molar-refractivity contribution in [1.82, 2.24) is 0 Å². The number of rotatable bonds is 6. The summed E-state index contributed by atoms with van der Waals surface area (Å²) in [5, 5.41) is 14.9. The lowest BCUT2D eigenvalue weighted by Gasteiger charge is -2.15. The molecule has 0 aliphatic rings. The van der Waals surface area contributed by atoms with E-state index >= 15 is 0 Å². The number of halogens is 1. The number of carboxylic acid groups (broad SMARTS) is 1. The van der Waals surface area contributed by atoms with Crippen LogP contribution in [-0.2, 0) is 11.2 Å². The second-order valence-corrected chi connectivity index (χ2v) is 8.13. The van der Waals surface area contributed by atoms with Crippen LogP contribution in [0.1, 0.15) is 33.8 Å². The molecular formula is C23H22ClNO4S. The molecule has 156 valence electrons. The highest BCUT2D eigenvalue weighted by molar-refractivity contribution is 7.09. The SMILES string of the molecule is Cc1ccc(C(Nc2cc(Cl)ccc2C)C(=O)O)o1.c1coc(Cc2cccs2)c1. The van der Waals surface area contributed by atoms with Crippen molar-refractivity contribution in [2.75, 3.05) is 5.32 Å². The quantitative estimate of drug-likeness (QED) is 0.346. The Morgan fingerprint density at radius 3 is 2.60 bits per heavy atom. The molecule has 3 aromatic heterocycles. The lowest BCUT2D eigenvalue weighted by Crippen LogP contribution is -2.20. The van der Waals surface area contributed by atoms with Crippen molar-refractivity contribution in [2.45, 2.75) is 26.3 Å². The Bertz CT molecular complexity index is 1040. The van der Waals surface area contributed by atoms with Gasteiger partial charge in [0.25, 0.3) is 0 Å². The third-order valence-electron chi connectivity index (χ3n) is 4.30. The summed E-state index contributed by atoms with van der Waals surface area (Å²) in [7, 11) is 0. The van der Waals surface area contributed by atoms with Gasteiger partial charge in [0.05, 0.1) is 6.26 Å². The number of thiophene rings is 1. The second kappa shape index (κ2) is 10.2. The van der Waals surface area contributed by atoms with Gasteiger partial charge in [0, 0.05) is 22.0 Å². The zero-order valence-electron chi connectivity index (χ0n) is 16.6. The molecule has 4 rings (SSSR count). The van der Waals surface area contributed by atoms with Gasteiger partial charge in [0.2, 0.25) is 0 Å². The number of aryl methyl sites for hydroxylation is 2. The normalized spacial score (nSPS) is 11.4. The van der Waals surface area contributed by atoms with Crippen molar-refractivity contribution < 1.29 is 18.7 Å². The molecule has 0 fully saturated rings. The van der Waals surface area contributed by atoms with Gasteiger partial charge in [-0.15, -0.1) is 11.3 Å². The fourth-order valence-electron chi connectivity index (χ4n) is 2.77. The van der Waals surface area contributed by atoms with Gasteiger partial charge in [-0.25, -0.2) is 4.79 Å². The Kier molecular flexibility index (Phi) is 7.38. The van der Waals surface area contributed by atoms with E-state index in [0.29, 0.717) is 22.2 Å². The van der Waals surface area contributed by atoms with Crippen molar-refractivity contribution >= 4 is 34.6 Å². The van der Waals surface area contributed by atoms with E-state index in [0.717, 1.165) is 17.7 Å². The van der Waals surface area contributed by atoms with Crippen LogP contribution >= 0.6 is 22.9 Å². The molecule has 1 atom stereocenters. The number of benzene rings is 1. The molecule has 30 heavy (non-hydrogen) atoms. The molecule has 0 saturated carbocycles. The van der Waals surface area contributed by atoms with Crippen LogP contribution in [0, 0.1) is 13.8 Å². The lowest BCUT2D eigenvalue weighted by atomic mass is 10.1. The molecule has 3 heterocycles. The zero-order valence-corrected chi connectivity index (χ0v) is 18.2. The minimum atomic E-state index is -1.01. The van der Waals surface area contributed by atoms with Crippen molar-refractivity contribution in [3.05, 3.63) is 99.0 Å². The fraction of sp³-hybridized carbons (Fsp3) is 0.174. The number of hydrogen-bond acceptors (Lipinski definition) is 5. The molecule has 0 radical (unpaired) electrons. The topological polar surface area (TPSA) is 75.6 Å². The Morgan fingerprint density at radius 1 is 1.17 bits per heavy atom. The Morgan fingerprint density at radius 2 is 2.00 bits per heavy atom. The van der Waals surface area contributed by atoms with Gasteiger partial charge in [-0.1, -0.05) is 23.7 Å². The maximum absolute atomic E-state index is 11.4. The van der Waals surface area contributed by atoms with Crippen LogP contribution in [0.2, 0.25) is 5.02 Å². The summed E-state index contributed by atoms with van der Waals surface area (Å²) < 4.78 is 10.6. The minimum Gasteiger partial charge on any atom is -0.479 e. The van der Waals surface area contributed by atoms with Crippen molar-refractivity contribution in [3.63, 3.8) is 0 Å². The molecule has 0 amide bonds. The van der Waals surface area contributed by atoms with E-state index in [4.69, 9.17) is 20.4 Å². The van der Waals surface area contributed by atoms with E-state index in [-0.39, 0.29) is 0 Å². The maximum atomic E-state index is 11.4. The summed E-state index contributed by atoms with van der Waals surface area (Å²) in [4.78, 5) is 12.7. The summed E-state index contributed by atoms with van der Waals surface area (Å²) in [5.41, 5.74) is 1.59. The number of anilines is 1. The molecule has 0 aliphatic heterocycles.